The van der Waals surface area contributed by atoms with Crippen molar-refractivity contribution < 1.29 is 23.4 Å². The molecule has 1 aromatic heterocycles. The molecule has 2 rings (SSSR count). The molecule has 0 atom stereocenters. The Morgan fingerprint density at radius 2 is 2.00 bits per heavy atom. The summed E-state index contributed by atoms with van der Waals surface area (Å²) in [5.41, 5.74) is -0.218. The van der Waals surface area contributed by atoms with E-state index in [1.165, 1.54) is 11.0 Å². The first-order valence-electron chi connectivity index (χ1n) is 8.74. The highest BCUT2D eigenvalue weighted by Crippen LogP contribution is 2.22. The molecule has 1 aromatic carbocycles. The maximum atomic E-state index is 14.0. The number of halogens is 2. The van der Waals surface area contributed by atoms with E-state index in [0.29, 0.717) is 19.6 Å². The van der Waals surface area contributed by atoms with Gasteiger partial charge in [-0.3, -0.25) is 4.79 Å². The minimum Gasteiger partial charge on any atom is -0.506 e. The van der Waals surface area contributed by atoms with Crippen LogP contribution in [-0.2, 0) is 6.54 Å². The summed E-state index contributed by atoms with van der Waals surface area (Å²) in [6.45, 7) is 6.31. The van der Waals surface area contributed by atoms with Crippen LogP contribution >= 0.6 is 0 Å². The lowest BCUT2D eigenvalue weighted by molar-refractivity contribution is 0.0726. The molecule has 0 bridgehead atoms. The number of amides is 1. The molecular weight excluding hydrogens is 356 g/mol. The molecule has 8 heteroatoms. The summed E-state index contributed by atoms with van der Waals surface area (Å²) >= 11 is 0. The second-order valence-electron chi connectivity index (χ2n) is 6.48. The van der Waals surface area contributed by atoms with Crippen molar-refractivity contribution >= 4 is 5.91 Å². The standard InChI is InChI=1S/C19H23F2N3O3/c1-4-27-18-10-17(25)16(22-23-18)11-24(8-7-12(2)3)19(26)14-9-13(20)5-6-15(14)21/h5-6,9-10,12H,4,7-8,11H2,1-3H3,(H,23,25). The summed E-state index contributed by atoms with van der Waals surface area (Å²) in [4.78, 5) is 14.1. The summed E-state index contributed by atoms with van der Waals surface area (Å²) in [5.74, 6) is -1.92. The average molecular weight is 379 g/mol. The largest absolute Gasteiger partial charge is 0.506 e. The quantitative estimate of drug-likeness (QED) is 0.759. The second kappa shape index (κ2) is 9.25. The first-order valence-corrected chi connectivity index (χ1v) is 8.74. The zero-order valence-corrected chi connectivity index (χ0v) is 15.6. The van der Waals surface area contributed by atoms with Crippen molar-refractivity contribution in [1.82, 2.24) is 15.1 Å². The van der Waals surface area contributed by atoms with Crippen LogP contribution in [0.15, 0.2) is 24.3 Å². The van der Waals surface area contributed by atoms with E-state index in [2.05, 4.69) is 10.2 Å². The van der Waals surface area contributed by atoms with Crippen LogP contribution in [-0.4, -0.2) is 39.3 Å². The number of rotatable bonds is 8. The predicted octanol–water partition coefficient (Wildman–Crippen LogP) is 3.55. The Hall–Kier alpha value is -2.77. The van der Waals surface area contributed by atoms with Crippen molar-refractivity contribution in [2.24, 2.45) is 5.92 Å². The third kappa shape index (κ3) is 5.60. The molecule has 1 N–H and O–H groups in total. The van der Waals surface area contributed by atoms with Gasteiger partial charge in [0.2, 0.25) is 5.88 Å². The van der Waals surface area contributed by atoms with Crippen molar-refractivity contribution in [2.45, 2.75) is 33.7 Å². The lowest BCUT2D eigenvalue weighted by Crippen LogP contribution is -2.33. The van der Waals surface area contributed by atoms with Gasteiger partial charge in [-0.15, -0.1) is 10.2 Å². The van der Waals surface area contributed by atoms with Crippen LogP contribution in [0.1, 0.15) is 43.2 Å². The zero-order valence-electron chi connectivity index (χ0n) is 15.6. The molecule has 0 spiro atoms. The fraction of sp³-hybridized carbons (Fsp3) is 0.421. The monoisotopic (exact) mass is 379 g/mol. The van der Waals surface area contributed by atoms with Crippen molar-refractivity contribution in [1.29, 1.82) is 0 Å². The van der Waals surface area contributed by atoms with Crippen LogP contribution < -0.4 is 4.74 Å². The first kappa shape index (κ1) is 20.5. The van der Waals surface area contributed by atoms with Crippen LogP contribution in [0.5, 0.6) is 11.6 Å². The van der Waals surface area contributed by atoms with Gasteiger partial charge >= 0.3 is 0 Å². The van der Waals surface area contributed by atoms with E-state index in [1.54, 1.807) is 6.92 Å². The van der Waals surface area contributed by atoms with Gasteiger partial charge in [-0.1, -0.05) is 13.8 Å². The molecule has 1 heterocycles. The predicted molar refractivity (Wildman–Crippen MR) is 95.4 cm³/mol. The molecule has 0 aliphatic rings. The Bertz CT molecular complexity index is 800. The molecule has 27 heavy (non-hydrogen) atoms. The summed E-state index contributed by atoms with van der Waals surface area (Å²) in [7, 11) is 0. The number of hydrogen-bond donors (Lipinski definition) is 1. The lowest BCUT2D eigenvalue weighted by atomic mass is 10.1. The maximum absolute atomic E-state index is 14.0. The SMILES string of the molecule is CCOc1cc(O)c(CN(CCC(C)C)C(=O)c2cc(F)ccc2F)nn1. The highest BCUT2D eigenvalue weighted by Gasteiger charge is 2.22. The molecule has 0 saturated carbocycles. The van der Waals surface area contributed by atoms with E-state index in [0.717, 1.165) is 18.2 Å². The third-order valence-electron chi connectivity index (χ3n) is 3.88. The smallest absolute Gasteiger partial charge is 0.257 e. The summed E-state index contributed by atoms with van der Waals surface area (Å²) in [6.07, 6.45) is 0.647. The lowest BCUT2D eigenvalue weighted by Gasteiger charge is -2.24. The minimum atomic E-state index is -0.807. The summed E-state index contributed by atoms with van der Waals surface area (Å²) in [5, 5.41) is 17.9. The molecule has 146 valence electrons. The van der Waals surface area contributed by atoms with E-state index >= 15 is 0 Å². The number of carbonyl (C=O) groups is 1. The maximum Gasteiger partial charge on any atom is 0.257 e. The van der Waals surface area contributed by atoms with Crippen molar-refractivity contribution in [3.05, 3.63) is 47.2 Å². The molecule has 0 saturated heterocycles. The molecule has 0 unspecified atom stereocenters. The van der Waals surface area contributed by atoms with Gasteiger partial charge in [0, 0.05) is 12.6 Å². The number of nitrogens with zero attached hydrogens (tertiary/aromatic N) is 3. The molecule has 2 aromatic rings. The Balaban J connectivity index is 2.28. The minimum absolute atomic E-state index is 0.0905. The van der Waals surface area contributed by atoms with Crippen LogP contribution in [0.2, 0.25) is 0 Å². The van der Waals surface area contributed by atoms with Crippen molar-refractivity contribution in [3.63, 3.8) is 0 Å². The number of ether oxygens (including phenoxy) is 1. The summed E-state index contributed by atoms with van der Waals surface area (Å²) in [6, 6.07) is 4.04. The number of benzene rings is 1. The molecule has 1 amide bonds. The second-order valence-corrected chi connectivity index (χ2v) is 6.48. The van der Waals surface area contributed by atoms with Gasteiger partial charge < -0.3 is 14.7 Å². The van der Waals surface area contributed by atoms with Gasteiger partial charge in [0.15, 0.2) is 0 Å². The van der Waals surface area contributed by atoms with Gasteiger partial charge in [0.05, 0.1) is 18.7 Å². The summed E-state index contributed by atoms with van der Waals surface area (Å²) < 4.78 is 32.7. The Kier molecular flexibility index (Phi) is 7.04. The molecule has 6 nitrogen and oxygen atoms in total. The fourth-order valence-corrected chi connectivity index (χ4v) is 2.40. The van der Waals surface area contributed by atoms with E-state index in [1.807, 2.05) is 13.8 Å². The van der Waals surface area contributed by atoms with Crippen LogP contribution in [0.4, 0.5) is 8.78 Å². The van der Waals surface area contributed by atoms with E-state index in [9.17, 15) is 18.7 Å². The molecular formula is C19H23F2N3O3. The number of aromatic nitrogens is 2. The van der Waals surface area contributed by atoms with Gasteiger partial charge in [0.1, 0.15) is 23.1 Å². The van der Waals surface area contributed by atoms with Gasteiger partial charge in [-0.2, -0.15) is 0 Å². The van der Waals surface area contributed by atoms with Gasteiger partial charge in [-0.25, -0.2) is 8.78 Å². The first-order chi connectivity index (χ1) is 12.8. The molecule has 0 aliphatic carbocycles. The van der Waals surface area contributed by atoms with E-state index < -0.39 is 17.5 Å². The third-order valence-corrected chi connectivity index (χ3v) is 3.88. The average Bonchev–Trinajstić information content (AvgIpc) is 2.62. The van der Waals surface area contributed by atoms with Gasteiger partial charge in [0.25, 0.3) is 5.91 Å². The molecule has 0 radical (unpaired) electrons. The molecule has 0 fully saturated rings. The Morgan fingerprint density at radius 3 is 2.63 bits per heavy atom. The number of hydrogen-bond acceptors (Lipinski definition) is 5. The Morgan fingerprint density at radius 1 is 1.26 bits per heavy atom. The normalized spacial score (nSPS) is 10.9. The van der Waals surface area contributed by atoms with E-state index in [-0.39, 0.29) is 35.3 Å². The highest BCUT2D eigenvalue weighted by molar-refractivity contribution is 5.94. The van der Waals surface area contributed by atoms with Crippen LogP contribution in [0.3, 0.4) is 0 Å². The highest BCUT2D eigenvalue weighted by atomic mass is 19.1. The topological polar surface area (TPSA) is 75.6 Å². The zero-order chi connectivity index (χ0) is 20.0. The van der Waals surface area contributed by atoms with Crippen molar-refractivity contribution in [2.75, 3.05) is 13.2 Å². The number of carbonyl (C=O) groups excluding carboxylic acids is 1. The fourth-order valence-electron chi connectivity index (χ4n) is 2.40. The van der Waals surface area contributed by atoms with Crippen LogP contribution in [0, 0.1) is 17.6 Å². The van der Waals surface area contributed by atoms with Gasteiger partial charge in [-0.05, 0) is 37.5 Å². The number of aromatic hydroxyl groups is 1. The molecule has 0 aliphatic heterocycles. The Labute approximate surface area is 156 Å². The van der Waals surface area contributed by atoms with Crippen molar-refractivity contribution in [3.8, 4) is 11.6 Å². The van der Waals surface area contributed by atoms with Crippen LogP contribution in [0.25, 0.3) is 0 Å². The van der Waals surface area contributed by atoms with E-state index in [4.69, 9.17) is 4.74 Å².